The van der Waals surface area contributed by atoms with Crippen LogP contribution in [0.3, 0.4) is 0 Å². The van der Waals surface area contributed by atoms with Gasteiger partial charge in [-0.1, -0.05) is 20.3 Å². The third kappa shape index (κ3) is 3.62. The Hall–Kier alpha value is -1.85. The summed E-state index contributed by atoms with van der Waals surface area (Å²) in [7, 11) is 0. The van der Waals surface area contributed by atoms with Crippen molar-refractivity contribution in [2.75, 3.05) is 13.1 Å². The maximum absolute atomic E-state index is 12.8. The highest BCUT2D eigenvalue weighted by atomic mass is 16.4. The second-order valence-corrected chi connectivity index (χ2v) is 8.03. The summed E-state index contributed by atoms with van der Waals surface area (Å²) >= 11 is 0. The summed E-state index contributed by atoms with van der Waals surface area (Å²) in [6.07, 6.45) is 9.02. The van der Waals surface area contributed by atoms with Crippen LogP contribution in [0.25, 0.3) is 0 Å². The fraction of sp³-hybridized carbons (Fsp3) is 0.722. The number of rotatable bonds is 3. The Balaban J connectivity index is 1.56. The highest BCUT2D eigenvalue weighted by Crippen LogP contribution is 2.39. The Kier molecular flexibility index (Phi) is 4.65. The van der Waals surface area contributed by atoms with E-state index in [1.54, 1.807) is 10.9 Å². The van der Waals surface area contributed by atoms with E-state index >= 15 is 0 Å². The van der Waals surface area contributed by atoms with Gasteiger partial charge in [0, 0.05) is 25.2 Å². The molecule has 24 heavy (non-hydrogen) atoms. The summed E-state index contributed by atoms with van der Waals surface area (Å²) in [5.41, 5.74) is 0.497. The number of aromatic nitrogens is 2. The van der Waals surface area contributed by atoms with Crippen LogP contribution in [-0.4, -0.2) is 44.8 Å². The molecule has 1 unspecified atom stereocenters. The van der Waals surface area contributed by atoms with E-state index in [0.717, 1.165) is 45.2 Å². The number of carbonyl (C=O) groups excluding carboxylic acids is 1. The van der Waals surface area contributed by atoms with Crippen LogP contribution < -0.4 is 0 Å². The standard InChI is InChI=1S/C18H27N3O3/c1-18(2)7-3-4-13(10-18)16(22)20-8-5-15(6-9-20)21-12-14(11-19-21)17(23)24/h11-13,15H,3-10H2,1-2H3,(H,23,24). The summed E-state index contributed by atoms with van der Waals surface area (Å²) in [6.45, 7) is 6.00. The van der Waals surface area contributed by atoms with Crippen molar-refractivity contribution < 1.29 is 14.7 Å². The predicted molar refractivity (Wildman–Crippen MR) is 89.8 cm³/mol. The molecule has 2 heterocycles. The smallest absolute Gasteiger partial charge is 0.338 e. The molecule has 1 saturated heterocycles. The van der Waals surface area contributed by atoms with Crippen molar-refractivity contribution in [2.24, 2.45) is 11.3 Å². The first-order valence-corrected chi connectivity index (χ1v) is 8.92. The first-order valence-electron chi connectivity index (χ1n) is 8.92. The van der Waals surface area contributed by atoms with Gasteiger partial charge in [0.1, 0.15) is 0 Å². The van der Waals surface area contributed by atoms with Gasteiger partial charge in [0.15, 0.2) is 0 Å². The van der Waals surface area contributed by atoms with Crippen LogP contribution in [0.15, 0.2) is 12.4 Å². The molecule has 2 fully saturated rings. The lowest BCUT2D eigenvalue weighted by molar-refractivity contribution is -0.139. The van der Waals surface area contributed by atoms with Crippen LogP contribution in [0.4, 0.5) is 0 Å². The summed E-state index contributed by atoms with van der Waals surface area (Å²) in [4.78, 5) is 25.8. The van der Waals surface area contributed by atoms with Crippen molar-refractivity contribution in [1.29, 1.82) is 0 Å². The van der Waals surface area contributed by atoms with Gasteiger partial charge in [0.2, 0.25) is 5.91 Å². The largest absolute Gasteiger partial charge is 0.478 e. The highest BCUT2D eigenvalue weighted by Gasteiger charge is 2.35. The predicted octanol–water partition coefficient (Wildman–Crippen LogP) is 2.96. The molecule has 1 aromatic heterocycles. The Morgan fingerprint density at radius 2 is 1.96 bits per heavy atom. The fourth-order valence-electron chi connectivity index (χ4n) is 4.17. The molecule has 6 nitrogen and oxygen atoms in total. The van der Waals surface area contributed by atoms with Gasteiger partial charge in [-0.3, -0.25) is 9.48 Å². The number of carboxylic acid groups (broad SMARTS) is 1. The van der Waals surface area contributed by atoms with Crippen LogP contribution in [0.1, 0.15) is 68.8 Å². The van der Waals surface area contributed by atoms with Crippen molar-refractivity contribution >= 4 is 11.9 Å². The van der Waals surface area contributed by atoms with E-state index in [0.29, 0.717) is 5.91 Å². The summed E-state index contributed by atoms with van der Waals surface area (Å²) in [6, 6.07) is 0.185. The van der Waals surface area contributed by atoms with E-state index in [1.165, 1.54) is 12.6 Å². The van der Waals surface area contributed by atoms with E-state index in [4.69, 9.17) is 5.11 Å². The van der Waals surface area contributed by atoms with Crippen LogP contribution in [0, 0.1) is 11.3 Å². The Morgan fingerprint density at radius 1 is 1.25 bits per heavy atom. The number of hydrogen-bond donors (Lipinski definition) is 1. The zero-order chi connectivity index (χ0) is 17.3. The average Bonchev–Trinajstić information content (AvgIpc) is 3.03. The van der Waals surface area contributed by atoms with Crippen molar-refractivity contribution in [3.8, 4) is 0 Å². The summed E-state index contributed by atoms with van der Waals surface area (Å²) < 4.78 is 1.75. The van der Waals surface area contributed by atoms with Gasteiger partial charge in [-0.2, -0.15) is 5.10 Å². The molecule has 1 aliphatic carbocycles. The van der Waals surface area contributed by atoms with Gasteiger partial charge in [0.05, 0.1) is 17.8 Å². The second kappa shape index (κ2) is 6.57. The van der Waals surface area contributed by atoms with E-state index in [2.05, 4.69) is 18.9 Å². The van der Waals surface area contributed by atoms with Gasteiger partial charge in [-0.05, 0) is 37.5 Å². The molecule has 1 aliphatic heterocycles. The number of hydrogen-bond acceptors (Lipinski definition) is 3. The number of piperidine rings is 1. The zero-order valence-corrected chi connectivity index (χ0v) is 14.6. The molecule has 6 heteroatoms. The Bertz CT molecular complexity index is 615. The quantitative estimate of drug-likeness (QED) is 0.923. The molecule has 1 aromatic rings. The minimum Gasteiger partial charge on any atom is -0.478 e. The van der Waals surface area contributed by atoms with E-state index in [9.17, 15) is 9.59 Å². The zero-order valence-electron chi connectivity index (χ0n) is 14.6. The van der Waals surface area contributed by atoms with Crippen molar-refractivity contribution in [3.63, 3.8) is 0 Å². The summed E-state index contributed by atoms with van der Waals surface area (Å²) in [5.74, 6) is -0.463. The maximum atomic E-state index is 12.8. The Labute approximate surface area is 142 Å². The maximum Gasteiger partial charge on any atom is 0.338 e. The van der Waals surface area contributed by atoms with Gasteiger partial charge >= 0.3 is 5.97 Å². The molecular weight excluding hydrogens is 306 g/mol. The van der Waals surface area contributed by atoms with Crippen LogP contribution in [0.5, 0.6) is 0 Å². The van der Waals surface area contributed by atoms with Gasteiger partial charge < -0.3 is 10.0 Å². The molecular formula is C18H27N3O3. The molecule has 1 amide bonds. The Morgan fingerprint density at radius 3 is 2.54 bits per heavy atom. The first-order chi connectivity index (χ1) is 11.4. The molecule has 0 aromatic carbocycles. The number of likely N-dealkylation sites (tertiary alicyclic amines) is 1. The molecule has 1 saturated carbocycles. The van der Waals surface area contributed by atoms with Gasteiger partial charge in [-0.25, -0.2) is 4.79 Å². The SMILES string of the molecule is CC1(C)CCCC(C(=O)N2CCC(n3cc(C(=O)O)cn3)CC2)C1. The molecule has 2 aliphatic rings. The third-order valence-electron chi connectivity index (χ3n) is 5.55. The number of nitrogens with zero attached hydrogens (tertiary/aromatic N) is 3. The third-order valence-corrected chi connectivity index (χ3v) is 5.55. The van der Waals surface area contributed by atoms with Crippen molar-refractivity contribution in [1.82, 2.24) is 14.7 Å². The monoisotopic (exact) mass is 333 g/mol. The number of carboxylic acids is 1. The molecule has 0 bridgehead atoms. The normalized spacial score (nSPS) is 24.8. The number of carbonyl (C=O) groups is 2. The average molecular weight is 333 g/mol. The number of amides is 1. The molecule has 1 N–H and O–H groups in total. The summed E-state index contributed by atoms with van der Waals surface area (Å²) in [5, 5.41) is 13.2. The van der Waals surface area contributed by atoms with Crippen molar-refractivity contribution in [2.45, 2.75) is 58.4 Å². The van der Waals surface area contributed by atoms with E-state index in [-0.39, 0.29) is 22.9 Å². The minimum atomic E-state index is -0.950. The lowest BCUT2D eigenvalue weighted by Crippen LogP contribution is -2.44. The fourth-order valence-corrected chi connectivity index (χ4v) is 4.17. The van der Waals surface area contributed by atoms with E-state index < -0.39 is 5.97 Å². The lowest BCUT2D eigenvalue weighted by atomic mass is 9.72. The molecule has 3 rings (SSSR count). The topological polar surface area (TPSA) is 75.4 Å². The highest BCUT2D eigenvalue weighted by molar-refractivity contribution is 5.86. The lowest BCUT2D eigenvalue weighted by Gasteiger charge is -2.39. The number of aromatic carboxylic acids is 1. The molecule has 0 spiro atoms. The van der Waals surface area contributed by atoms with Crippen molar-refractivity contribution in [3.05, 3.63) is 18.0 Å². The van der Waals surface area contributed by atoms with Gasteiger partial charge in [0.25, 0.3) is 0 Å². The first kappa shape index (κ1) is 17.0. The molecule has 0 radical (unpaired) electrons. The minimum absolute atomic E-state index is 0.175. The van der Waals surface area contributed by atoms with Crippen LogP contribution in [-0.2, 0) is 4.79 Å². The van der Waals surface area contributed by atoms with Gasteiger partial charge in [-0.15, -0.1) is 0 Å². The second-order valence-electron chi connectivity index (χ2n) is 8.03. The van der Waals surface area contributed by atoms with E-state index in [1.807, 2.05) is 4.90 Å². The van der Waals surface area contributed by atoms with Crippen LogP contribution >= 0.6 is 0 Å². The molecule has 132 valence electrons. The van der Waals surface area contributed by atoms with Crippen LogP contribution in [0.2, 0.25) is 0 Å². The molecule has 1 atom stereocenters.